The fraction of sp³-hybridized carbons (Fsp3) is 0.111. The maximum absolute atomic E-state index is 8.55. The van der Waals surface area contributed by atoms with Gasteiger partial charge >= 0.3 is 0 Å². The van der Waals surface area contributed by atoms with Crippen molar-refractivity contribution in [3.8, 4) is 6.07 Å². The summed E-state index contributed by atoms with van der Waals surface area (Å²) in [5.74, 6) is 0.334. The molecule has 0 aliphatic carbocycles. The van der Waals surface area contributed by atoms with E-state index in [-0.39, 0.29) is 0 Å². The average molecular weight is 187 g/mol. The Labute approximate surface area is 80.3 Å². The summed E-state index contributed by atoms with van der Waals surface area (Å²) in [6.45, 7) is 0. The van der Waals surface area contributed by atoms with Crippen molar-refractivity contribution in [2.45, 2.75) is 6.42 Å². The molecule has 0 aliphatic heterocycles. The van der Waals surface area contributed by atoms with Crippen LogP contribution in [0.2, 0.25) is 0 Å². The number of fused-ring (bicyclic) bond motifs is 1. The summed E-state index contributed by atoms with van der Waals surface area (Å²) in [4.78, 5) is 6.90. The zero-order valence-electron chi connectivity index (χ0n) is 7.41. The Balaban J connectivity index is 2.66. The van der Waals surface area contributed by atoms with E-state index in [1.807, 2.05) is 6.07 Å². The number of hydrogen-bond acceptors (Lipinski definition) is 4. The fourth-order valence-corrected chi connectivity index (χ4v) is 1.42. The molecule has 0 saturated carbocycles. The number of nitriles is 1. The van der Waals surface area contributed by atoms with E-state index in [1.54, 1.807) is 6.07 Å². The first kappa shape index (κ1) is 8.38. The Morgan fingerprint density at radius 3 is 2.93 bits per heavy atom. The molecule has 0 atom stereocenters. The largest absolute Gasteiger partial charge is 0.397 e. The third kappa shape index (κ3) is 1.23. The summed E-state index contributed by atoms with van der Waals surface area (Å²) in [7, 11) is 0. The molecule has 0 bridgehead atoms. The van der Waals surface area contributed by atoms with Crippen molar-refractivity contribution >= 4 is 22.7 Å². The fourth-order valence-electron chi connectivity index (χ4n) is 1.42. The van der Waals surface area contributed by atoms with Crippen LogP contribution >= 0.6 is 0 Å². The Bertz CT molecular complexity index is 520. The molecule has 0 radical (unpaired) electrons. The minimum Gasteiger partial charge on any atom is -0.397 e. The van der Waals surface area contributed by atoms with Crippen LogP contribution in [-0.2, 0) is 6.42 Å². The van der Waals surface area contributed by atoms with Crippen molar-refractivity contribution in [3.05, 3.63) is 17.7 Å². The number of rotatable bonds is 1. The van der Waals surface area contributed by atoms with E-state index in [4.69, 9.17) is 16.7 Å². The summed E-state index contributed by atoms with van der Waals surface area (Å²) < 4.78 is 0. The molecule has 14 heavy (non-hydrogen) atoms. The summed E-state index contributed by atoms with van der Waals surface area (Å²) in [6, 6.07) is 5.64. The highest BCUT2D eigenvalue weighted by Gasteiger charge is 2.05. The maximum atomic E-state index is 8.55. The van der Waals surface area contributed by atoms with Gasteiger partial charge < -0.3 is 16.5 Å². The summed E-state index contributed by atoms with van der Waals surface area (Å²) >= 11 is 0. The van der Waals surface area contributed by atoms with E-state index < -0.39 is 0 Å². The molecule has 5 nitrogen and oxygen atoms in total. The second-order valence-corrected chi connectivity index (χ2v) is 3.04. The number of nitrogens with zero attached hydrogens (tertiary/aromatic N) is 2. The highest BCUT2D eigenvalue weighted by atomic mass is 15.0. The number of aromatic nitrogens is 2. The average Bonchev–Trinajstić information content (AvgIpc) is 2.47. The van der Waals surface area contributed by atoms with Crippen molar-refractivity contribution < 1.29 is 0 Å². The molecule has 0 amide bonds. The van der Waals surface area contributed by atoms with Crippen molar-refractivity contribution in [1.82, 2.24) is 9.97 Å². The van der Waals surface area contributed by atoms with Gasteiger partial charge in [0.15, 0.2) is 5.95 Å². The number of hydrogen-bond donors (Lipinski definition) is 3. The van der Waals surface area contributed by atoms with Crippen molar-refractivity contribution in [2.24, 2.45) is 0 Å². The van der Waals surface area contributed by atoms with Crippen molar-refractivity contribution in [1.29, 1.82) is 5.26 Å². The third-order valence-electron chi connectivity index (χ3n) is 1.98. The van der Waals surface area contributed by atoms with Crippen LogP contribution in [-0.4, -0.2) is 9.97 Å². The predicted octanol–water partition coefficient (Wildman–Crippen LogP) is 0.793. The number of nitrogens with two attached hydrogens (primary N) is 2. The quantitative estimate of drug-likeness (QED) is 0.574. The van der Waals surface area contributed by atoms with Crippen molar-refractivity contribution in [2.75, 3.05) is 11.5 Å². The van der Waals surface area contributed by atoms with Crippen molar-refractivity contribution in [3.63, 3.8) is 0 Å². The maximum Gasteiger partial charge on any atom is 0.198 e. The third-order valence-corrected chi connectivity index (χ3v) is 1.98. The zero-order valence-corrected chi connectivity index (χ0v) is 7.41. The highest BCUT2D eigenvalue weighted by molar-refractivity contribution is 5.89. The molecular formula is C9H9N5. The molecule has 0 spiro atoms. The number of benzene rings is 1. The first-order chi connectivity index (χ1) is 6.70. The number of imidazole rings is 1. The lowest BCUT2D eigenvalue weighted by Crippen LogP contribution is -1.90. The lowest BCUT2D eigenvalue weighted by Gasteiger charge is -1.98. The number of nitrogens with one attached hydrogen (secondary N) is 1. The van der Waals surface area contributed by atoms with Crippen LogP contribution in [0.5, 0.6) is 0 Å². The smallest absolute Gasteiger partial charge is 0.198 e. The predicted molar refractivity (Wildman–Crippen MR) is 54.2 cm³/mol. The van der Waals surface area contributed by atoms with Gasteiger partial charge in [0, 0.05) is 0 Å². The van der Waals surface area contributed by atoms with Crippen LogP contribution in [0.25, 0.3) is 11.0 Å². The molecule has 0 fully saturated rings. The highest BCUT2D eigenvalue weighted by Crippen LogP contribution is 2.21. The summed E-state index contributed by atoms with van der Waals surface area (Å²) in [5, 5.41) is 8.55. The second-order valence-electron chi connectivity index (χ2n) is 3.04. The number of anilines is 2. The number of aromatic amines is 1. The van der Waals surface area contributed by atoms with Gasteiger partial charge in [-0.05, 0) is 17.7 Å². The van der Waals surface area contributed by atoms with Gasteiger partial charge in [0.05, 0.1) is 23.7 Å². The van der Waals surface area contributed by atoms with Crippen LogP contribution in [0, 0.1) is 11.3 Å². The molecule has 0 aliphatic rings. The first-order valence-corrected chi connectivity index (χ1v) is 4.11. The summed E-state index contributed by atoms with van der Waals surface area (Å²) in [6.07, 6.45) is 0.332. The van der Waals surface area contributed by atoms with E-state index in [2.05, 4.69) is 16.0 Å². The molecule has 0 saturated heterocycles. The van der Waals surface area contributed by atoms with E-state index in [9.17, 15) is 0 Å². The number of nitrogen functional groups attached to an aromatic ring is 2. The van der Waals surface area contributed by atoms with Gasteiger partial charge in [-0.2, -0.15) is 5.26 Å². The standard InChI is InChI=1S/C9H9N5/c10-2-1-5-3-6(11)8-7(4-5)13-9(12)14-8/h3-4H,1,11H2,(H3,12,13,14). The topological polar surface area (TPSA) is 105 Å². The molecular weight excluding hydrogens is 178 g/mol. The lowest BCUT2D eigenvalue weighted by atomic mass is 10.1. The van der Waals surface area contributed by atoms with Gasteiger partial charge in [0.25, 0.3) is 0 Å². The van der Waals surface area contributed by atoms with Crippen LogP contribution in [0.1, 0.15) is 5.56 Å². The number of H-pyrrole nitrogens is 1. The molecule has 2 rings (SSSR count). The molecule has 5 heteroatoms. The molecule has 1 aromatic carbocycles. The van der Waals surface area contributed by atoms with Crippen LogP contribution in [0.15, 0.2) is 12.1 Å². The van der Waals surface area contributed by atoms with E-state index in [0.717, 1.165) is 11.1 Å². The minimum absolute atomic E-state index is 0.332. The molecule has 5 N–H and O–H groups in total. The molecule has 1 aromatic heterocycles. The molecule has 70 valence electrons. The van der Waals surface area contributed by atoms with Gasteiger partial charge in [-0.15, -0.1) is 0 Å². The van der Waals surface area contributed by atoms with Gasteiger partial charge in [0.2, 0.25) is 0 Å². The zero-order chi connectivity index (χ0) is 10.1. The second kappa shape index (κ2) is 2.92. The molecule has 0 unspecified atom stereocenters. The SMILES string of the molecule is N#CCc1cc(N)c2nc(N)[nH]c2c1. The van der Waals surface area contributed by atoms with Gasteiger partial charge in [-0.1, -0.05) is 0 Å². The normalized spacial score (nSPS) is 10.2. The van der Waals surface area contributed by atoms with Gasteiger partial charge in [0.1, 0.15) is 5.52 Å². The van der Waals surface area contributed by atoms with Crippen LogP contribution in [0.4, 0.5) is 11.6 Å². The lowest BCUT2D eigenvalue weighted by molar-refractivity contribution is 1.27. The van der Waals surface area contributed by atoms with E-state index in [0.29, 0.717) is 23.6 Å². The molecule has 1 heterocycles. The monoisotopic (exact) mass is 187 g/mol. The first-order valence-electron chi connectivity index (χ1n) is 4.11. The Kier molecular flexibility index (Phi) is 1.75. The van der Waals surface area contributed by atoms with E-state index in [1.165, 1.54) is 0 Å². The molecule has 2 aromatic rings. The Hall–Kier alpha value is -2.22. The van der Waals surface area contributed by atoms with Crippen LogP contribution in [0.3, 0.4) is 0 Å². The minimum atomic E-state index is 0.332. The van der Waals surface area contributed by atoms with E-state index >= 15 is 0 Å². The van der Waals surface area contributed by atoms with Gasteiger partial charge in [-0.25, -0.2) is 4.98 Å². The van der Waals surface area contributed by atoms with Gasteiger partial charge in [-0.3, -0.25) is 0 Å². The Morgan fingerprint density at radius 1 is 1.43 bits per heavy atom. The Morgan fingerprint density at radius 2 is 2.21 bits per heavy atom. The van der Waals surface area contributed by atoms with Crippen LogP contribution < -0.4 is 11.5 Å². The summed E-state index contributed by atoms with van der Waals surface area (Å²) in [5.41, 5.74) is 14.1.